The van der Waals surface area contributed by atoms with Crippen molar-refractivity contribution in [2.45, 2.75) is 6.61 Å². The summed E-state index contributed by atoms with van der Waals surface area (Å²) in [6, 6.07) is 21.3. The highest BCUT2D eigenvalue weighted by molar-refractivity contribution is 9.10. The van der Waals surface area contributed by atoms with Crippen LogP contribution in [0.5, 0.6) is 11.5 Å². The Morgan fingerprint density at radius 2 is 1.94 bits per heavy atom. The maximum absolute atomic E-state index is 12.1. The molecule has 0 aliphatic heterocycles. The first-order valence-electron chi connectivity index (χ1n) is 9.86. The number of ether oxygens (including phenoxy) is 2. The van der Waals surface area contributed by atoms with E-state index in [2.05, 4.69) is 55.7 Å². The number of amides is 1. The van der Waals surface area contributed by atoms with Crippen molar-refractivity contribution in [2.24, 2.45) is 5.10 Å². The normalized spacial score (nSPS) is 10.9. The van der Waals surface area contributed by atoms with Crippen molar-refractivity contribution in [3.05, 3.63) is 100 Å². The van der Waals surface area contributed by atoms with Crippen molar-refractivity contribution >= 4 is 38.8 Å². The molecule has 0 spiro atoms. The van der Waals surface area contributed by atoms with Gasteiger partial charge < -0.3 is 9.47 Å². The summed E-state index contributed by atoms with van der Waals surface area (Å²) < 4.78 is 12.3. The molecule has 32 heavy (non-hydrogen) atoms. The number of benzene rings is 3. The maximum atomic E-state index is 12.1. The molecule has 0 unspecified atom stereocenters. The number of methoxy groups -OCH3 is 1. The summed E-state index contributed by atoms with van der Waals surface area (Å²) in [4.78, 5) is 16.0. The molecule has 1 N–H and O–H groups in total. The molecule has 3 aromatic carbocycles. The third-order valence-electron chi connectivity index (χ3n) is 4.84. The number of aromatic nitrogens is 1. The van der Waals surface area contributed by atoms with E-state index >= 15 is 0 Å². The maximum Gasteiger partial charge on any atom is 0.272 e. The zero-order chi connectivity index (χ0) is 22.3. The molecule has 7 heteroatoms. The van der Waals surface area contributed by atoms with E-state index in [0.29, 0.717) is 23.7 Å². The number of halogens is 1. The van der Waals surface area contributed by atoms with Gasteiger partial charge in [-0.3, -0.25) is 9.78 Å². The van der Waals surface area contributed by atoms with Gasteiger partial charge in [0.25, 0.3) is 5.91 Å². The molecule has 0 fully saturated rings. The molecule has 0 bridgehead atoms. The Bertz CT molecular complexity index is 1270. The quantitative estimate of drug-likeness (QED) is 0.280. The lowest BCUT2D eigenvalue weighted by atomic mass is 10.1. The number of hydrogen-bond donors (Lipinski definition) is 1. The summed E-state index contributed by atoms with van der Waals surface area (Å²) in [5, 5.41) is 6.35. The molecule has 4 rings (SSSR count). The number of hydrazone groups is 1. The van der Waals surface area contributed by atoms with E-state index in [1.807, 2.05) is 24.3 Å². The monoisotopic (exact) mass is 489 g/mol. The average Bonchev–Trinajstić information content (AvgIpc) is 2.84. The Kier molecular flexibility index (Phi) is 6.77. The molecule has 1 heterocycles. The SMILES string of the molecule is COc1cc(/C=N/NC(=O)c2cccnc2)c(Br)cc1OCc1cccc2ccccc12. The van der Waals surface area contributed by atoms with Crippen LogP contribution in [0.1, 0.15) is 21.5 Å². The molecule has 0 atom stereocenters. The molecule has 6 nitrogen and oxygen atoms in total. The van der Waals surface area contributed by atoms with Crippen molar-refractivity contribution in [3.63, 3.8) is 0 Å². The number of hydrogen-bond acceptors (Lipinski definition) is 5. The van der Waals surface area contributed by atoms with Crippen LogP contribution in [0.4, 0.5) is 0 Å². The van der Waals surface area contributed by atoms with Gasteiger partial charge in [-0.25, -0.2) is 5.43 Å². The lowest BCUT2D eigenvalue weighted by Crippen LogP contribution is -2.17. The van der Waals surface area contributed by atoms with Gasteiger partial charge in [-0.05, 0) is 56.5 Å². The van der Waals surface area contributed by atoms with Gasteiger partial charge in [0.15, 0.2) is 11.5 Å². The first-order valence-corrected chi connectivity index (χ1v) is 10.7. The predicted octanol–water partition coefficient (Wildman–Crippen LogP) is 5.35. The molecule has 1 aromatic heterocycles. The zero-order valence-electron chi connectivity index (χ0n) is 17.3. The Morgan fingerprint density at radius 1 is 1.09 bits per heavy atom. The molecular formula is C25H20BrN3O3. The number of rotatable bonds is 7. The van der Waals surface area contributed by atoms with Crippen LogP contribution in [0.25, 0.3) is 10.8 Å². The van der Waals surface area contributed by atoms with Gasteiger partial charge in [-0.2, -0.15) is 5.10 Å². The van der Waals surface area contributed by atoms with Gasteiger partial charge in [0.05, 0.1) is 18.9 Å². The first kappa shape index (κ1) is 21.5. The minimum atomic E-state index is -0.340. The topological polar surface area (TPSA) is 72.8 Å². The molecule has 4 aromatic rings. The van der Waals surface area contributed by atoms with E-state index in [-0.39, 0.29) is 5.91 Å². The Hall–Kier alpha value is -3.71. The van der Waals surface area contributed by atoms with E-state index < -0.39 is 0 Å². The summed E-state index contributed by atoms with van der Waals surface area (Å²) in [6.45, 7) is 0.402. The summed E-state index contributed by atoms with van der Waals surface area (Å²) in [5.74, 6) is 0.824. The van der Waals surface area contributed by atoms with Crippen molar-refractivity contribution in [3.8, 4) is 11.5 Å². The highest BCUT2D eigenvalue weighted by Crippen LogP contribution is 2.34. The van der Waals surface area contributed by atoms with E-state index in [0.717, 1.165) is 21.0 Å². The molecule has 0 saturated carbocycles. The number of nitrogens with one attached hydrogen (secondary N) is 1. The van der Waals surface area contributed by atoms with Crippen LogP contribution < -0.4 is 14.9 Å². The van der Waals surface area contributed by atoms with Crippen LogP contribution in [0.2, 0.25) is 0 Å². The highest BCUT2D eigenvalue weighted by Gasteiger charge is 2.11. The second-order valence-corrected chi connectivity index (χ2v) is 7.75. The van der Waals surface area contributed by atoms with Crippen molar-refractivity contribution in [2.75, 3.05) is 7.11 Å². The first-order chi connectivity index (χ1) is 15.7. The van der Waals surface area contributed by atoms with Gasteiger partial charge in [0.1, 0.15) is 6.61 Å². The van der Waals surface area contributed by atoms with E-state index in [9.17, 15) is 4.79 Å². The average molecular weight is 490 g/mol. The number of carbonyl (C=O) groups is 1. The predicted molar refractivity (Wildman–Crippen MR) is 128 cm³/mol. The number of pyridine rings is 1. The molecule has 0 radical (unpaired) electrons. The highest BCUT2D eigenvalue weighted by atomic mass is 79.9. The van der Waals surface area contributed by atoms with Crippen LogP contribution in [0, 0.1) is 0 Å². The third kappa shape index (κ3) is 4.95. The summed E-state index contributed by atoms with van der Waals surface area (Å²) in [7, 11) is 1.58. The standard InChI is InChI=1S/C25H20BrN3O3/c1-31-23-12-20(15-28-29-25(30)18-9-5-11-27-14-18)22(26)13-24(23)32-16-19-8-4-7-17-6-2-3-10-21(17)19/h2-15H,16H2,1H3,(H,29,30)/b28-15+. The van der Waals surface area contributed by atoms with E-state index in [4.69, 9.17) is 9.47 Å². The van der Waals surface area contributed by atoms with Crippen molar-refractivity contribution in [1.82, 2.24) is 10.4 Å². The Labute approximate surface area is 194 Å². The van der Waals surface area contributed by atoms with Crippen LogP contribution in [-0.4, -0.2) is 24.2 Å². The fraction of sp³-hybridized carbons (Fsp3) is 0.0800. The largest absolute Gasteiger partial charge is 0.493 e. The lowest BCUT2D eigenvalue weighted by molar-refractivity contribution is 0.0955. The van der Waals surface area contributed by atoms with Gasteiger partial charge in [0, 0.05) is 22.4 Å². The fourth-order valence-corrected chi connectivity index (χ4v) is 3.64. The fourth-order valence-electron chi connectivity index (χ4n) is 3.22. The molecule has 0 aliphatic rings. The Morgan fingerprint density at radius 3 is 2.75 bits per heavy atom. The van der Waals surface area contributed by atoms with E-state index in [1.54, 1.807) is 31.5 Å². The molecule has 0 aliphatic carbocycles. The second kappa shape index (κ2) is 10.1. The third-order valence-corrected chi connectivity index (χ3v) is 5.53. The summed E-state index contributed by atoms with van der Waals surface area (Å²) in [5.41, 5.74) is 4.73. The minimum Gasteiger partial charge on any atom is -0.493 e. The smallest absolute Gasteiger partial charge is 0.272 e. The van der Waals surface area contributed by atoms with Crippen LogP contribution in [0.15, 0.2) is 88.7 Å². The summed E-state index contributed by atoms with van der Waals surface area (Å²) in [6.07, 6.45) is 4.62. The van der Waals surface area contributed by atoms with Gasteiger partial charge in [0.2, 0.25) is 0 Å². The van der Waals surface area contributed by atoms with Crippen molar-refractivity contribution in [1.29, 1.82) is 0 Å². The number of nitrogens with zero attached hydrogens (tertiary/aromatic N) is 2. The van der Waals surface area contributed by atoms with Crippen LogP contribution in [0.3, 0.4) is 0 Å². The second-order valence-electron chi connectivity index (χ2n) is 6.89. The van der Waals surface area contributed by atoms with Crippen LogP contribution >= 0.6 is 15.9 Å². The van der Waals surface area contributed by atoms with Gasteiger partial charge in [-0.15, -0.1) is 0 Å². The minimum absolute atomic E-state index is 0.340. The summed E-state index contributed by atoms with van der Waals surface area (Å²) >= 11 is 3.54. The van der Waals surface area contributed by atoms with Crippen molar-refractivity contribution < 1.29 is 14.3 Å². The van der Waals surface area contributed by atoms with Crippen LogP contribution in [-0.2, 0) is 6.61 Å². The van der Waals surface area contributed by atoms with Gasteiger partial charge in [-0.1, -0.05) is 42.5 Å². The number of carbonyl (C=O) groups excluding carboxylic acids is 1. The van der Waals surface area contributed by atoms with Gasteiger partial charge >= 0.3 is 0 Å². The molecule has 0 saturated heterocycles. The lowest BCUT2D eigenvalue weighted by Gasteiger charge is -2.14. The molecular weight excluding hydrogens is 470 g/mol. The molecule has 1 amide bonds. The van der Waals surface area contributed by atoms with E-state index in [1.165, 1.54) is 17.8 Å². The Balaban J connectivity index is 1.49. The number of fused-ring (bicyclic) bond motifs is 1. The molecule has 160 valence electrons. The zero-order valence-corrected chi connectivity index (χ0v) is 18.9.